The number of hydrogen-bond acceptors (Lipinski definition) is 4. The van der Waals surface area contributed by atoms with Crippen molar-refractivity contribution in [2.75, 3.05) is 6.54 Å². The molecule has 0 aromatic carbocycles. The molecular formula is C16H25N5. The normalized spacial score (nSPS) is 26.3. The Morgan fingerprint density at radius 3 is 2.95 bits per heavy atom. The maximum absolute atomic E-state index is 6.15. The lowest BCUT2D eigenvalue weighted by atomic mass is 9.73. The first-order chi connectivity index (χ1) is 10.2. The summed E-state index contributed by atoms with van der Waals surface area (Å²) in [6, 6.07) is 0. The lowest BCUT2D eigenvalue weighted by molar-refractivity contribution is 0.233. The Bertz CT molecular complexity index is 543. The Labute approximate surface area is 126 Å². The number of allylic oxidation sites excluding steroid dienone is 4. The molecule has 0 saturated heterocycles. The molecule has 2 aliphatic rings. The summed E-state index contributed by atoms with van der Waals surface area (Å²) in [6.07, 6.45) is 11.6. The summed E-state index contributed by atoms with van der Waals surface area (Å²) in [6.45, 7) is 2.96. The first-order valence-electron chi connectivity index (χ1n) is 8.07. The third kappa shape index (κ3) is 3.07. The van der Waals surface area contributed by atoms with E-state index in [2.05, 4.69) is 33.6 Å². The molecule has 3 N–H and O–H groups in total. The highest BCUT2D eigenvalue weighted by Crippen LogP contribution is 2.41. The fourth-order valence-electron chi connectivity index (χ4n) is 3.76. The molecule has 0 amide bonds. The zero-order valence-electron chi connectivity index (χ0n) is 12.9. The lowest BCUT2D eigenvalue weighted by Crippen LogP contribution is -2.34. The molecule has 0 bridgehead atoms. The molecule has 3 rings (SSSR count). The van der Waals surface area contributed by atoms with Crippen LogP contribution in [0.2, 0.25) is 0 Å². The molecule has 1 heterocycles. The molecule has 5 heteroatoms. The quantitative estimate of drug-likeness (QED) is 0.892. The SMILES string of the molecule is CCC1=CC2=C(CCC[C@@](CN)(Cc3nn[nH]n3)CC2)C1. The highest BCUT2D eigenvalue weighted by molar-refractivity contribution is 5.39. The predicted molar refractivity (Wildman–Crippen MR) is 82.5 cm³/mol. The molecule has 5 nitrogen and oxygen atoms in total. The maximum atomic E-state index is 6.15. The summed E-state index contributed by atoms with van der Waals surface area (Å²) in [7, 11) is 0. The van der Waals surface area contributed by atoms with E-state index in [0.717, 1.165) is 31.5 Å². The van der Waals surface area contributed by atoms with Crippen molar-refractivity contribution >= 4 is 0 Å². The number of nitrogens with two attached hydrogens (primary N) is 1. The van der Waals surface area contributed by atoms with Crippen LogP contribution in [0.25, 0.3) is 0 Å². The Kier molecular flexibility index (Phi) is 4.19. The Morgan fingerprint density at radius 2 is 2.24 bits per heavy atom. The number of aromatic amines is 1. The van der Waals surface area contributed by atoms with Crippen molar-refractivity contribution < 1.29 is 0 Å². The number of rotatable bonds is 4. The van der Waals surface area contributed by atoms with Gasteiger partial charge in [-0.05, 0) is 62.5 Å². The highest BCUT2D eigenvalue weighted by Gasteiger charge is 2.32. The highest BCUT2D eigenvalue weighted by atomic mass is 15.5. The van der Waals surface area contributed by atoms with E-state index in [1.807, 2.05) is 0 Å². The first kappa shape index (κ1) is 14.4. The summed E-state index contributed by atoms with van der Waals surface area (Å²) < 4.78 is 0. The van der Waals surface area contributed by atoms with Gasteiger partial charge in [-0.15, -0.1) is 10.2 Å². The number of tetrazole rings is 1. The van der Waals surface area contributed by atoms with Gasteiger partial charge >= 0.3 is 0 Å². The van der Waals surface area contributed by atoms with Gasteiger partial charge in [-0.2, -0.15) is 5.21 Å². The third-order valence-electron chi connectivity index (χ3n) is 5.19. The van der Waals surface area contributed by atoms with Gasteiger partial charge in [0.15, 0.2) is 5.82 Å². The molecule has 0 spiro atoms. The largest absolute Gasteiger partial charge is 0.330 e. The fraction of sp³-hybridized carbons (Fsp3) is 0.688. The van der Waals surface area contributed by atoms with Gasteiger partial charge in [-0.1, -0.05) is 29.4 Å². The van der Waals surface area contributed by atoms with Gasteiger partial charge in [-0.25, -0.2) is 0 Å². The zero-order chi connectivity index (χ0) is 14.7. The molecule has 2 aliphatic carbocycles. The van der Waals surface area contributed by atoms with Gasteiger partial charge in [0.1, 0.15) is 0 Å². The standard InChI is InChI=1S/C16H25N5/c1-2-12-8-13-4-3-6-16(11-17,7-5-14(13)9-12)10-15-18-20-21-19-15/h9H,2-8,10-11,17H2,1H3,(H,18,19,20,21)/t16-/m0/s1. The van der Waals surface area contributed by atoms with E-state index < -0.39 is 0 Å². The van der Waals surface area contributed by atoms with Crippen LogP contribution in [-0.4, -0.2) is 27.2 Å². The number of aromatic nitrogens is 4. The van der Waals surface area contributed by atoms with Crippen LogP contribution in [0.3, 0.4) is 0 Å². The van der Waals surface area contributed by atoms with Gasteiger partial charge in [-0.3, -0.25) is 0 Å². The molecule has 1 aromatic rings. The van der Waals surface area contributed by atoms with Gasteiger partial charge in [0.25, 0.3) is 0 Å². The molecular weight excluding hydrogens is 262 g/mol. The lowest BCUT2D eigenvalue weighted by Gasteiger charge is -2.33. The van der Waals surface area contributed by atoms with Crippen LogP contribution in [0, 0.1) is 5.41 Å². The molecule has 1 atom stereocenters. The Morgan fingerprint density at radius 1 is 1.33 bits per heavy atom. The summed E-state index contributed by atoms with van der Waals surface area (Å²) in [5, 5.41) is 14.5. The third-order valence-corrected chi connectivity index (χ3v) is 5.19. The average molecular weight is 287 g/mol. The monoisotopic (exact) mass is 287 g/mol. The molecule has 0 unspecified atom stereocenters. The van der Waals surface area contributed by atoms with Crippen LogP contribution < -0.4 is 5.73 Å². The Balaban J connectivity index is 1.75. The van der Waals surface area contributed by atoms with E-state index in [1.165, 1.54) is 25.7 Å². The van der Waals surface area contributed by atoms with E-state index in [0.29, 0.717) is 6.54 Å². The van der Waals surface area contributed by atoms with E-state index in [9.17, 15) is 0 Å². The van der Waals surface area contributed by atoms with Crippen molar-refractivity contribution in [3.63, 3.8) is 0 Å². The first-order valence-corrected chi connectivity index (χ1v) is 8.07. The van der Waals surface area contributed by atoms with Crippen molar-refractivity contribution in [3.8, 4) is 0 Å². The molecule has 0 fully saturated rings. The van der Waals surface area contributed by atoms with Gasteiger partial charge in [0, 0.05) is 6.42 Å². The molecule has 0 radical (unpaired) electrons. The fourth-order valence-corrected chi connectivity index (χ4v) is 3.76. The van der Waals surface area contributed by atoms with Crippen LogP contribution in [-0.2, 0) is 6.42 Å². The molecule has 114 valence electrons. The van der Waals surface area contributed by atoms with Crippen molar-refractivity contribution in [2.45, 2.75) is 58.3 Å². The van der Waals surface area contributed by atoms with Gasteiger partial charge in [0.2, 0.25) is 0 Å². The van der Waals surface area contributed by atoms with Crippen molar-refractivity contribution in [2.24, 2.45) is 11.1 Å². The van der Waals surface area contributed by atoms with Crippen LogP contribution in [0.4, 0.5) is 0 Å². The number of H-pyrrole nitrogens is 1. The predicted octanol–water partition coefficient (Wildman–Crippen LogP) is 2.69. The second-order valence-electron chi connectivity index (χ2n) is 6.52. The minimum absolute atomic E-state index is 0.130. The van der Waals surface area contributed by atoms with E-state index in [-0.39, 0.29) is 5.41 Å². The van der Waals surface area contributed by atoms with Crippen LogP contribution in [0.1, 0.15) is 57.7 Å². The average Bonchev–Trinajstić information content (AvgIpc) is 3.12. The second kappa shape index (κ2) is 6.10. The van der Waals surface area contributed by atoms with Crippen LogP contribution in [0.5, 0.6) is 0 Å². The minimum Gasteiger partial charge on any atom is -0.330 e. The Hall–Kier alpha value is -1.49. The van der Waals surface area contributed by atoms with Gasteiger partial charge < -0.3 is 5.73 Å². The molecule has 0 aliphatic heterocycles. The summed E-state index contributed by atoms with van der Waals surface area (Å²) in [5.74, 6) is 0.798. The smallest absolute Gasteiger partial charge is 0.175 e. The van der Waals surface area contributed by atoms with Crippen molar-refractivity contribution in [3.05, 3.63) is 28.6 Å². The van der Waals surface area contributed by atoms with Crippen molar-refractivity contribution in [1.29, 1.82) is 0 Å². The molecule has 1 aromatic heterocycles. The van der Waals surface area contributed by atoms with Crippen LogP contribution in [0.15, 0.2) is 22.8 Å². The van der Waals surface area contributed by atoms with E-state index in [4.69, 9.17) is 5.73 Å². The zero-order valence-corrected chi connectivity index (χ0v) is 12.9. The second-order valence-corrected chi connectivity index (χ2v) is 6.52. The van der Waals surface area contributed by atoms with Gasteiger partial charge in [0.05, 0.1) is 0 Å². The summed E-state index contributed by atoms with van der Waals surface area (Å²) >= 11 is 0. The van der Waals surface area contributed by atoms with Crippen molar-refractivity contribution in [1.82, 2.24) is 20.6 Å². The maximum Gasteiger partial charge on any atom is 0.175 e. The van der Waals surface area contributed by atoms with Crippen LogP contribution >= 0.6 is 0 Å². The number of nitrogens with zero attached hydrogens (tertiary/aromatic N) is 3. The minimum atomic E-state index is 0.130. The number of nitrogens with one attached hydrogen (secondary N) is 1. The molecule has 21 heavy (non-hydrogen) atoms. The topological polar surface area (TPSA) is 80.5 Å². The van der Waals surface area contributed by atoms with E-state index >= 15 is 0 Å². The summed E-state index contributed by atoms with van der Waals surface area (Å²) in [4.78, 5) is 0. The molecule has 0 saturated carbocycles. The summed E-state index contributed by atoms with van der Waals surface area (Å²) in [5.41, 5.74) is 11.1. The van der Waals surface area contributed by atoms with E-state index in [1.54, 1.807) is 16.7 Å². The number of hydrogen-bond donors (Lipinski definition) is 2.